The number of furan rings is 1. The molecule has 0 fully saturated rings. The number of anilines is 3. The normalized spacial score (nSPS) is 11.7. The van der Waals surface area contributed by atoms with Gasteiger partial charge in [-0.15, -0.1) is 0 Å². The zero-order valence-corrected chi connectivity index (χ0v) is 36.3. The molecular weight excluding hydrogens is 775 g/mol. The van der Waals surface area contributed by atoms with E-state index in [2.05, 4.69) is 256 Å². The van der Waals surface area contributed by atoms with E-state index in [4.69, 9.17) is 4.42 Å². The van der Waals surface area contributed by atoms with Crippen LogP contribution in [0.1, 0.15) is 26.3 Å². The Bertz CT molecular complexity index is 3320. The van der Waals surface area contributed by atoms with Crippen LogP contribution in [-0.4, -0.2) is 0 Å². The summed E-state index contributed by atoms with van der Waals surface area (Å²) in [7, 11) is 0. The lowest BCUT2D eigenvalue weighted by Crippen LogP contribution is -2.10. The smallest absolute Gasteiger partial charge is 0.143 e. The van der Waals surface area contributed by atoms with Crippen LogP contribution in [0.2, 0.25) is 0 Å². The first-order valence-electron chi connectivity index (χ1n) is 22.2. The third kappa shape index (κ3) is 7.13. The molecule has 0 aliphatic heterocycles. The second-order valence-electron chi connectivity index (χ2n) is 17.7. The minimum absolute atomic E-state index is 0.0184. The molecule has 2 heteroatoms. The van der Waals surface area contributed by atoms with Gasteiger partial charge in [0.2, 0.25) is 0 Å². The molecule has 0 atom stereocenters. The zero-order valence-electron chi connectivity index (χ0n) is 36.3. The molecule has 0 spiro atoms. The van der Waals surface area contributed by atoms with Gasteiger partial charge in [0.25, 0.3) is 0 Å². The van der Waals surface area contributed by atoms with Gasteiger partial charge < -0.3 is 9.32 Å². The Balaban J connectivity index is 1.06. The highest BCUT2D eigenvalue weighted by atomic mass is 16.3. The zero-order chi connectivity index (χ0) is 43.2. The van der Waals surface area contributed by atoms with Crippen molar-refractivity contribution < 1.29 is 4.42 Å². The Morgan fingerprint density at radius 1 is 0.328 bits per heavy atom. The molecule has 0 aliphatic carbocycles. The maximum absolute atomic E-state index is 7.16. The minimum atomic E-state index is -0.0184. The molecule has 306 valence electrons. The van der Waals surface area contributed by atoms with Crippen LogP contribution in [0.25, 0.3) is 88.3 Å². The predicted molar refractivity (Wildman–Crippen MR) is 272 cm³/mol. The SMILES string of the molecule is CC(C)(C)c1ccc2c3ccc(-c4ccc(N(c5ccc(-c6ccccc6)cc5)c5ccc(-c6ccccc6)cc5)cc4)cc3c3c(-c4ccccc4)c(-c4ccccc4)oc3c2c1. The summed E-state index contributed by atoms with van der Waals surface area (Å²) in [5.74, 6) is 0.889. The van der Waals surface area contributed by atoms with E-state index in [0.29, 0.717) is 0 Å². The fourth-order valence-corrected chi connectivity index (χ4v) is 9.27. The first kappa shape index (κ1) is 38.9. The van der Waals surface area contributed by atoms with Crippen LogP contribution >= 0.6 is 0 Å². The Hall–Kier alpha value is -7.94. The van der Waals surface area contributed by atoms with Crippen LogP contribution in [0.5, 0.6) is 0 Å². The van der Waals surface area contributed by atoms with Crippen LogP contribution in [0.3, 0.4) is 0 Å². The molecule has 2 nitrogen and oxygen atoms in total. The van der Waals surface area contributed by atoms with Gasteiger partial charge >= 0.3 is 0 Å². The molecule has 0 N–H and O–H groups in total. The third-order valence-corrected chi connectivity index (χ3v) is 12.6. The molecule has 11 rings (SSSR count). The van der Waals surface area contributed by atoms with Gasteiger partial charge in [0, 0.05) is 39.0 Å². The van der Waals surface area contributed by atoms with E-state index < -0.39 is 0 Å². The van der Waals surface area contributed by atoms with Gasteiger partial charge in [0.05, 0.1) is 0 Å². The van der Waals surface area contributed by atoms with Crippen molar-refractivity contribution in [2.24, 2.45) is 0 Å². The van der Waals surface area contributed by atoms with Crippen LogP contribution in [0, 0.1) is 0 Å². The molecule has 0 unspecified atom stereocenters. The molecule has 0 bridgehead atoms. The maximum Gasteiger partial charge on any atom is 0.143 e. The van der Waals surface area contributed by atoms with Gasteiger partial charge in [-0.1, -0.05) is 203 Å². The van der Waals surface area contributed by atoms with E-state index in [1.165, 1.54) is 44.0 Å². The summed E-state index contributed by atoms with van der Waals surface area (Å²) in [5, 5.41) is 5.86. The lowest BCUT2D eigenvalue weighted by Gasteiger charge is -2.26. The molecule has 0 saturated carbocycles. The summed E-state index contributed by atoms with van der Waals surface area (Å²) in [4.78, 5) is 2.35. The molecule has 0 aliphatic rings. The van der Waals surface area contributed by atoms with Crippen molar-refractivity contribution in [1.29, 1.82) is 0 Å². The van der Waals surface area contributed by atoms with Crippen molar-refractivity contribution in [2.45, 2.75) is 26.2 Å². The number of hydrogen-bond acceptors (Lipinski definition) is 2. The lowest BCUT2D eigenvalue weighted by molar-refractivity contribution is 0.591. The lowest BCUT2D eigenvalue weighted by atomic mass is 9.84. The molecule has 1 aromatic heterocycles. The maximum atomic E-state index is 7.16. The van der Waals surface area contributed by atoms with Crippen molar-refractivity contribution >= 4 is 49.6 Å². The standard InChI is InChI=1S/C62H47NO/c1-62(2,3)50-31-39-55-54-38-30-49(40-56(54)59-58(47-20-12-6-13-21-47)60(48-22-14-7-15-23-48)64-61(59)57(55)41-50)46-28-36-53(37-29-46)63(51-32-24-44(25-33-51)42-16-8-4-9-17-42)52-34-26-45(27-35-52)43-18-10-5-11-19-43/h4-41H,1-3H3. The Kier molecular flexibility index (Phi) is 9.78. The van der Waals surface area contributed by atoms with Gasteiger partial charge in [-0.25, -0.2) is 0 Å². The summed E-state index contributed by atoms with van der Waals surface area (Å²) in [6, 6.07) is 83.1. The molecular formula is C62H47NO. The van der Waals surface area contributed by atoms with Crippen molar-refractivity contribution in [2.75, 3.05) is 4.90 Å². The van der Waals surface area contributed by atoms with Gasteiger partial charge in [-0.2, -0.15) is 0 Å². The van der Waals surface area contributed by atoms with Crippen LogP contribution in [0.4, 0.5) is 17.1 Å². The number of hydrogen-bond donors (Lipinski definition) is 0. The van der Waals surface area contributed by atoms with E-state index >= 15 is 0 Å². The first-order valence-corrected chi connectivity index (χ1v) is 22.2. The second-order valence-corrected chi connectivity index (χ2v) is 17.7. The molecule has 64 heavy (non-hydrogen) atoms. The van der Waals surface area contributed by atoms with Gasteiger partial charge in [-0.05, 0) is 115 Å². The minimum Gasteiger partial charge on any atom is -0.455 e. The fourth-order valence-electron chi connectivity index (χ4n) is 9.27. The second kappa shape index (κ2) is 16.1. The highest BCUT2D eigenvalue weighted by molar-refractivity contribution is 6.29. The average molecular weight is 822 g/mol. The first-order chi connectivity index (χ1) is 31.4. The fraction of sp³-hybridized carbons (Fsp3) is 0.0645. The van der Waals surface area contributed by atoms with Crippen molar-refractivity contribution in [1.82, 2.24) is 0 Å². The molecule has 0 radical (unpaired) electrons. The molecule has 1 heterocycles. The summed E-state index contributed by atoms with van der Waals surface area (Å²) >= 11 is 0. The average Bonchev–Trinajstić information content (AvgIpc) is 3.77. The Morgan fingerprint density at radius 3 is 1.20 bits per heavy atom. The summed E-state index contributed by atoms with van der Waals surface area (Å²) in [6.45, 7) is 6.83. The topological polar surface area (TPSA) is 16.4 Å². The summed E-state index contributed by atoms with van der Waals surface area (Å²) in [5.41, 5.74) is 15.9. The molecule has 0 amide bonds. The molecule has 11 aromatic rings. The number of nitrogens with zero attached hydrogens (tertiary/aromatic N) is 1. The Labute approximate surface area is 375 Å². The highest BCUT2D eigenvalue weighted by Gasteiger charge is 2.25. The third-order valence-electron chi connectivity index (χ3n) is 12.6. The van der Waals surface area contributed by atoms with Crippen molar-refractivity contribution in [3.63, 3.8) is 0 Å². The number of benzene rings is 10. The molecule has 10 aromatic carbocycles. The molecule has 0 saturated heterocycles. The van der Waals surface area contributed by atoms with E-state index in [1.807, 2.05) is 0 Å². The largest absolute Gasteiger partial charge is 0.455 e. The van der Waals surface area contributed by atoms with Crippen LogP contribution < -0.4 is 4.90 Å². The van der Waals surface area contributed by atoms with E-state index in [-0.39, 0.29) is 5.41 Å². The predicted octanol–water partition coefficient (Wildman–Crippen LogP) is 17.8. The van der Waals surface area contributed by atoms with E-state index in [9.17, 15) is 0 Å². The number of rotatable bonds is 8. The van der Waals surface area contributed by atoms with Gasteiger partial charge in [0.15, 0.2) is 0 Å². The van der Waals surface area contributed by atoms with E-state index in [1.54, 1.807) is 0 Å². The van der Waals surface area contributed by atoms with Crippen molar-refractivity contribution in [3.8, 4) is 55.8 Å². The monoisotopic (exact) mass is 821 g/mol. The number of fused-ring (bicyclic) bond motifs is 6. The summed E-state index contributed by atoms with van der Waals surface area (Å²) in [6.07, 6.45) is 0. The van der Waals surface area contributed by atoms with Crippen LogP contribution in [-0.2, 0) is 5.41 Å². The van der Waals surface area contributed by atoms with Gasteiger partial charge in [0.1, 0.15) is 11.3 Å². The van der Waals surface area contributed by atoms with Crippen molar-refractivity contribution in [3.05, 3.63) is 236 Å². The quantitative estimate of drug-likeness (QED) is 0.142. The van der Waals surface area contributed by atoms with E-state index in [0.717, 1.165) is 67.0 Å². The van der Waals surface area contributed by atoms with Gasteiger partial charge in [-0.3, -0.25) is 0 Å². The highest BCUT2D eigenvalue weighted by Crippen LogP contribution is 2.49. The summed E-state index contributed by atoms with van der Waals surface area (Å²) < 4.78 is 7.16. The Morgan fingerprint density at radius 2 is 0.719 bits per heavy atom. The van der Waals surface area contributed by atoms with Crippen LogP contribution in [0.15, 0.2) is 235 Å².